The van der Waals surface area contributed by atoms with E-state index in [1.165, 1.54) is 0 Å². The monoisotopic (exact) mass is 341 g/mol. The largest absolute Gasteiger partial charge is 0.368 e. The van der Waals surface area contributed by atoms with Crippen LogP contribution < -0.4 is 0 Å². The van der Waals surface area contributed by atoms with Crippen molar-refractivity contribution in [2.24, 2.45) is 0 Å². The van der Waals surface area contributed by atoms with Crippen molar-refractivity contribution in [3.05, 3.63) is 47.6 Å². The van der Waals surface area contributed by atoms with Gasteiger partial charge in [0, 0.05) is 13.1 Å². The lowest BCUT2D eigenvalue weighted by atomic mass is 9.93. The van der Waals surface area contributed by atoms with Crippen LogP contribution in [0, 0.1) is 6.92 Å². The Kier molecular flexibility index (Phi) is 4.29. The number of carbonyl (C=O) groups is 1. The molecule has 132 valence electrons. The predicted molar refractivity (Wildman–Crippen MR) is 90.8 cm³/mol. The van der Waals surface area contributed by atoms with E-state index in [0.717, 1.165) is 44.3 Å². The number of amides is 1. The van der Waals surface area contributed by atoms with Gasteiger partial charge in [0.1, 0.15) is 6.61 Å². The van der Waals surface area contributed by atoms with Crippen molar-refractivity contribution < 1.29 is 14.1 Å². The zero-order chi connectivity index (χ0) is 17.3. The highest BCUT2D eigenvalue weighted by molar-refractivity contribution is 5.91. The molecule has 1 amide bonds. The van der Waals surface area contributed by atoms with Crippen LogP contribution in [0.2, 0.25) is 0 Å². The van der Waals surface area contributed by atoms with Crippen molar-refractivity contribution in [1.82, 2.24) is 15.0 Å². The quantitative estimate of drug-likeness (QED) is 0.836. The average molecular weight is 341 g/mol. The number of aromatic nitrogens is 2. The fourth-order valence-electron chi connectivity index (χ4n) is 3.62. The minimum Gasteiger partial charge on any atom is -0.368 e. The topological polar surface area (TPSA) is 68.5 Å². The molecule has 0 spiro atoms. The van der Waals surface area contributed by atoms with Crippen LogP contribution in [0.5, 0.6) is 0 Å². The summed E-state index contributed by atoms with van der Waals surface area (Å²) in [5, 5.41) is 3.76. The summed E-state index contributed by atoms with van der Waals surface area (Å²) < 4.78 is 10.9. The number of hydrogen-bond acceptors (Lipinski definition) is 5. The average Bonchev–Trinajstić information content (AvgIpc) is 3.37. The maximum absolute atomic E-state index is 13.0. The second kappa shape index (κ2) is 6.59. The van der Waals surface area contributed by atoms with Crippen LogP contribution in [-0.4, -0.2) is 40.1 Å². The Morgan fingerprint density at radius 1 is 1.28 bits per heavy atom. The summed E-state index contributed by atoms with van der Waals surface area (Å²) in [6.45, 7) is 3.63. The van der Waals surface area contributed by atoms with Gasteiger partial charge in [-0.15, -0.1) is 0 Å². The summed E-state index contributed by atoms with van der Waals surface area (Å²) in [6, 6.07) is 10.2. The number of hydrogen-bond donors (Lipinski definition) is 0. The number of carbonyl (C=O) groups excluding carboxylic acids is 1. The molecule has 25 heavy (non-hydrogen) atoms. The van der Waals surface area contributed by atoms with Gasteiger partial charge in [-0.1, -0.05) is 35.5 Å². The highest BCUT2D eigenvalue weighted by atomic mass is 16.5. The smallest absolute Gasteiger partial charge is 0.252 e. The maximum atomic E-state index is 13.0. The number of nitrogens with zero attached hydrogens (tertiary/aromatic N) is 3. The van der Waals surface area contributed by atoms with Gasteiger partial charge in [-0.05, 0) is 38.2 Å². The summed E-state index contributed by atoms with van der Waals surface area (Å²) in [5.41, 5.74) is 0.890. The predicted octanol–water partition coefficient (Wildman–Crippen LogP) is 2.62. The molecule has 1 saturated carbocycles. The molecule has 1 aliphatic carbocycles. The van der Waals surface area contributed by atoms with Crippen molar-refractivity contribution in [3.8, 4) is 0 Å². The molecule has 2 aliphatic rings. The number of ether oxygens (including phenoxy) is 1. The number of likely N-dealkylation sites (tertiary alicyclic amines) is 1. The van der Waals surface area contributed by atoms with Crippen LogP contribution in [0.25, 0.3) is 0 Å². The fraction of sp³-hybridized carbons (Fsp3) is 0.526. The van der Waals surface area contributed by atoms with E-state index in [1.54, 1.807) is 6.92 Å². The molecule has 1 aromatic carbocycles. The van der Waals surface area contributed by atoms with Crippen molar-refractivity contribution in [1.29, 1.82) is 0 Å². The third-order valence-electron chi connectivity index (χ3n) is 5.23. The van der Waals surface area contributed by atoms with Crippen LogP contribution in [0.1, 0.15) is 43.0 Å². The lowest BCUT2D eigenvalue weighted by molar-refractivity contribution is -0.136. The molecule has 0 unspecified atom stereocenters. The number of rotatable bonds is 5. The van der Waals surface area contributed by atoms with Gasteiger partial charge in [-0.3, -0.25) is 4.79 Å². The maximum Gasteiger partial charge on any atom is 0.252 e. The fourth-order valence-corrected chi connectivity index (χ4v) is 3.62. The van der Waals surface area contributed by atoms with E-state index < -0.39 is 0 Å². The first-order valence-electron chi connectivity index (χ1n) is 8.93. The van der Waals surface area contributed by atoms with Gasteiger partial charge in [-0.2, -0.15) is 4.98 Å². The van der Waals surface area contributed by atoms with E-state index in [1.807, 2.05) is 23.1 Å². The normalized spacial score (nSPS) is 19.8. The minimum absolute atomic E-state index is 0.142. The second-order valence-electron chi connectivity index (χ2n) is 6.99. The molecule has 0 N–H and O–H groups in total. The van der Waals surface area contributed by atoms with E-state index in [2.05, 4.69) is 22.3 Å². The Labute approximate surface area is 147 Å². The van der Waals surface area contributed by atoms with Crippen LogP contribution in [0.3, 0.4) is 0 Å². The van der Waals surface area contributed by atoms with Crippen LogP contribution in [-0.2, 0) is 21.6 Å². The van der Waals surface area contributed by atoms with Crippen LogP contribution in [0.4, 0.5) is 0 Å². The standard InChI is InChI=1S/C19H23N3O3/c1-14-20-17(25-21-14)13-24-16-7-11-22(12-8-16)18(23)19(9-10-19)15-5-3-2-4-6-15/h2-6,16H,7-13H2,1H3. The Bertz CT molecular complexity index is 731. The molecule has 0 bridgehead atoms. The van der Waals surface area contributed by atoms with Crippen molar-refractivity contribution in [3.63, 3.8) is 0 Å². The summed E-state index contributed by atoms with van der Waals surface area (Å²) in [5.74, 6) is 1.41. The highest BCUT2D eigenvalue weighted by Gasteiger charge is 2.53. The van der Waals surface area contributed by atoms with Crippen LogP contribution >= 0.6 is 0 Å². The summed E-state index contributed by atoms with van der Waals surface area (Å²) in [4.78, 5) is 19.2. The van der Waals surface area contributed by atoms with Gasteiger partial charge in [0.25, 0.3) is 5.89 Å². The first kappa shape index (κ1) is 16.3. The van der Waals surface area contributed by atoms with E-state index >= 15 is 0 Å². The second-order valence-corrected chi connectivity index (χ2v) is 6.99. The van der Waals surface area contributed by atoms with Gasteiger partial charge in [0.05, 0.1) is 11.5 Å². The van der Waals surface area contributed by atoms with Crippen molar-refractivity contribution in [2.75, 3.05) is 13.1 Å². The number of piperidine rings is 1. The minimum atomic E-state index is -0.268. The molecule has 0 radical (unpaired) electrons. The van der Waals surface area contributed by atoms with E-state index in [9.17, 15) is 4.79 Å². The Balaban J connectivity index is 1.31. The summed E-state index contributed by atoms with van der Waals surface area (Å²) in [6.07, 6.45) is 3.77. The zero-order valence-corrected chi connectivity index (χ0v) is 14.5. The lowest BCUT2D eigenvalue weighted by Gasteiger charge is -2.34. The van der Waals surface area contributed by atoms with Gasteiger partial charge in [0.2, 0.25) is 5.91 Å². The van der Waals surface area contributed by atoms with Gasteiger partial charge in [-0.25, -0.2) is 0 Å². The van der Waals surface area contributed by atoms with Gasteiger partial charge >= 0.3 is 0 Å². The molecule has 6 nitrogen and oxygen atoms in total. The van der Waals surface area contributed by atoms with E-state index in [4.69, 9.17) is 9.26 Å². The SMILES string of the molecule is Cc1noc(COC2CCN(C(=O)C3(c4ccccc4)CC3)CC2)n1. The third kappa shape index (κ3) is 3.31. The Hall–Kier alpha value is -2.21. The molecule has 1 aliphatic heterocycles. The van der Waals surface area contributed by atoms with Crippen molar-refractivity contribution in [2.45, 2.75) is 50.7 Å². The molecular weight excluding hydrogens is 318 g/mol. The first-order chi connectivity index (χ1) is 12.2. The Morgan fingerprint density at radius 2 is 2.00 bits per heavy atom. The van der Waals surface area contributed by atoms with E-state index in [0.29, 0.717) is 18.3 Å². The molecule has 0 atom stereocenters. The van der Waals surface area contributed by atoms with Gasteiger partial charge < -0.3 is 14.2 Å². The molecule has 2 fully saturated rings. The van der Waals surface area contributed by atoms with E-state index in [-0.39, 0.29) is 17.4 Å². The molecule has 2 heterocycles. The molecule has 4 rings (SSSR count). The number of aryl methyl sites for hydroxylation is 1. The lowest BCUT2D eigenvalue weighted by Crippen LogP contribution is -2.45. The number of benzene rings is 1. The van der Waals surface area contributed by atoms with Gasteiger partial charge in [0.15, 0.2) is 5.82 Å². The third-order valence-corrected chi connectivity index (χ3v) is 5.23. The zero-order valence-electron chi connectivity index (χ0n) is 14.5. The van der Waals surface area contributed by atoms with Crippen LogP contribution in [0.15, 0.2) is 34.9 Å². The summed E-state index contributed by atoms with van der Waals surface area (Å²) >= 11 is 0. The molecule has 2 aromatic rings. The Morgan fingerprint density at radius 3 is 2.60 bits per heavy atom. The molecule has 1 aromatic heterocycles. The molecule has 6 heteroatoms. The highest BCUT2D eigenvalue weighted by Crippen LogP contribution is 2.49. The molecule has 1 saturated heterocycles. The van der Waals surface area contributed by atoms with Crippen molar-refractivity contribution >= 4 is 5.91 Å². The summed E-state index contributed by atoms with van der Waals surface area (Å²) in [7, 11) is 0. The molecular formula is C19H23N3O3. The first-order valence-corrected chi connectivity index (χ1v) is 8.93.